The Morgan fingerprint density at radius 1 is 0.643 bits per heavy atom. The molecule has 0 bridgehead atoms. The molecule has 0 atom stereocenters. The van der Waals surface area contributed by atoms with E-state index in [0.717, 1.165) is 22.1 Å². The van der Waals surface area contributed by atoms with Crippen molar-refractivity contribution in [1.82, 2.24) is 0 Å². The van der Waals surface area contributed by atoms with E-state index in [1.807, 2.05) is 36.4 Å². The molecule has 0 aromatic heterocycles. The molecule has 4 N–H and O–H groups in total. The highest BCUT2D eigenvalue weighted by Crippen LogP contribution is 2.24. The molecule has 0 radical (unpaired) electrons. The van der Waals surface area contributed by atoms with E-state index in [0.29, 0.717) is 0 Å². The molecule has 0 heterocycles. The summed E-state index contributed by atoms with van der Waals surface area (Å²) in [5.41, 5.74) is 13.1. The van der Waals surface area contributed by atoms with Crippen LogP contribution in [0.25, 0.3) is 10.8 Å². The molecule has 2 aromatic carbocycles. The summed E-state index contributed by atoms with van der Waals surface area (Å²) in [6, 6.07) is 11.5. The summed E-state index contributed by atoms with van der Waals surface area (Å²) >= 11 is 0. The van der Waals surface area contributed by atoms with E-state index < -0.39 is 0 Å². The molecule has 0 aliphatic rings. The van der Waals surface area contributed by atoms with Crippen molar-refractivity contribution < 1.29 is 0 Å². The van der Waals surface area contributed by atoms with Crippen LogP contribution in [-0.2, 0) is 0 Å². The number of halogens is 2. The van der Waals surface area contributed by atoms with Gasteiger partial charge < -0.3 is 11.5 Å². The second-order valence-electron chi connectivity index (χ2n) is 2.79. The number of fused-ring (bicyclic) bond motifs is 1. The Bertz CT molecular complexity index is 388. The van der Waals surface area contributed by atoms with E-state index in [-0.39, 0.29) is 24.8 Å². The van der Waals surface area contributed by atoms with Crippen LogP contribution in [0.5, 0.6) is 0 Å². The number of nitrogens with two attached hydrogens (primary N) is 2. The standard InChI is InChI=1S/C10H10N2.2ClH/c11-9-5-1-3-7-8(9)4-2-6-10(7)12;;/h1-6H,11-12H2;2*1H. The number of hydrogen-bond donors (Lipinski definition) is 2. The highest BCUT2D eigenvalue weighted by Gasteiger charge is 1.98. The van der Waals surface area contributed by atoms with Crippen LogP contribution in [0, 0.1) is 0 Å². The van der Waals surface area contributed by atoms with Gasteiger partial charge in [0.1, 0.15) is 0 Å². The monoisotopic (exact) mass is 230 g/mol. The van der Waals surface area contributed by atoms with Crippen LogP contribution < -0.4 is 11.5 Å². The summed E-state index contributed by atoms with van der Waals surface area (Å²) in [6.45, 7) is 0. The topological polar surface area (TPSA) is 52.0 Å². The molecule has 0 unspecified atom stereocenters. The van der Waals surface area contributed by atoms with Gasteiger partial charge in [0.25, 0.3) is 0 Å². The van der Waals surface area contributed by atoms with Crippen LogP contribution in [0.1, 0.15) is 0 Å². The Kier molecular flexibility index (Phi) is 4.54. The fourth-order valence-electron chi connectivity index (χ4n) is 1.36. The maximum Gasteiger partial charge on any atom is 0.0394 e. The molecule has 4 heteroatoms. The molecule has 76 valence electrons. The maximum atomic E-state index is 5.77. The molecular weight excluding hydrogens is 219 g/mol. The van der Waals surface area contributed by atoms with Gasteiger partial charge in [0.15, 0.2) is 0 Å². The van der Waals surface area contributed by atoms with Gasteiger partial charge in [0.2, 0.25) is 0 Å². The second kappa shape index (κ2) is 4.94. The summed E-state index contributed by atoms with van der Waals surface area (Å²) in [5, 5.41) is 2.05. The van der Waals surface area contributed by atoms with Gasteiger partial charge in [-0.15, -0.1) is 24.8 Å². The molecular formula is C10H12Cl2N2. The zero-order valence-corrected chi connectivity index (χ0v) is 9.07. The fraction of sp³-hybridized carbons (Fsp3) is 0. The van der Waals surface area contributed by atoms with Gasteiger partial charge in [-0.2, -0.15) is 0 Å². The first-order valence-electron chi connectivity index (χ1n) is 3.82. The van der Waals surface area contributed by atoms with Gasteiger partial charge >= 0.3 is 0 Å². The van der Waals surface area contributed by atoms with Crippen molar-refractivity contribution >= 4 is 47.0 Å². The molecule has 0 fully saturated rings. The average Bonchev–Trinajstić information content (AvgIpc) is 2.07. The zero-order valence-electron chi connectivity index (χ0n) is 7.44. The molecule has 0 saturated heterocycles. The predicted molar refractivity (Wildman–Crippen MR) is 67.3 cm³/mol. The van der Waals surface area contributed by atoms with Crippen LogP contribution in [-0.4, -0.2) is 0 Å². The lowest BCUT2D eigenvalue weighted by atomic mass is 10.1. The predicted octanol–water partition coefficient (Wildman–Crippen LogP) is 2.85. The summed E-state index contributed by atoms with van der Waals surface area (Å²) in [5.74, 6) is 0. The van der Waals surface area contributed by atoms with Crippen molar-refractivity contribution in [2.24, 2.45) is 0 Å². The summed E-state index contributed by atoms with van der Waals surface area (Å²) in [6.07, 6.45) is 0. The fourth-order valence-corrected chi connectivity index (χ4v) is 1.36. The summed E-state index contributed by atoms with van der Waals surface area (Å²) in [7, 11) is 0. The molecule has 14 heavy (non-hydrogen) atoms. The largest absolute Gasteiger partial charge is 0.398 e. The number of hydrogen-bond acceptors (Lipinski definition) is 2. The lowest BCUT2D eigenvalue weighted by Gasteiger charge is -2.03. The van der Waals surface area contributed by atoms with Gasteiger partial charge in [0.05, 0.1) is 0 Å². The Morgan fingerprint density at radius 2 is 1.00 bits per heavy atom. The molecule has 0 aliphatic heterocycles. The Balaban J connectivity index is 0.000000845. The number of anilines is 2. The third kappa shape index (κ3) is 2.03. The number of nitrogen functional groups attached to an aromatic ring is 2. The lowest BCUT2D eigenvalue weighted by Crippen LogP contribution is -1.90. The lowest BCUT2D eigenvalue weighted by molar-refractivity contribution is 1.71. The van der Waals surface area contributed by atoms with Crippen LogP contribution in [0.4, 0.5) is 11.4 Å². The Morgan fingerprint density at radius 3 is 1.36 bits per heavy atom. The normalized spacial score (nSPS) is 8.86. The Labute approximate surface area is 95.1 Å². The third-order valence-electron chi connectivity index (χ3n) is 1.99. The van der Waals surface area contributed by atoms with Crippen molar-refractivity contribution in [3.8, 4) is 0 Å². The SMILES string of the molecule is Cl.Cl.Nc1cccc2c(N)cccc12. The highest BCUT2D eigenvalue weighted by molar-refractivity contribution is 5.99. The van der Waals surface area contributed by atoms with E-state index in [4.69, 9.17) is 11.5 Å². The third-order valence-corrected chi connectivity index (χ3v) is 1.99. The van der Waals surface area contributed by atoms with Crippen LogP contribution in [0.2, 0.25) is 0 Å². The molecule has 2 rings (SSSR count). The van der Waals surface area contributed by atoms with Gasteiger partial charge in [-0.05, 0) is 12.1 Å². The Hall–Kier alpha value is -1.12. The number of rotatable bonds is 0. The molecule has 0 amide bonds. The van der Waals surface area contributed by atoms with E-state index in [9.17, 15) is 0 Å². The van der Waals surface area contributed by atoms with Crippen molar-refractivity contribution in [2.45, 2.75) is 0 Å². The van der Waals surface area contributed by atoms with E-state index in [1.165, 1.54) is 0 Å². The number of benzene rings is 2. The highest BCUT2D eigenvalue weighted by atomic mass is 35.5. The minimum Gasteiger partial charge on any atom is -0.398 e. The maximum absolute atomic E-state index is 5.77. The molecule has 0 spiro atoms. The van der Waals surface area contributed by atoms with Gasteiger partial charge in [-0.3, -0.25) is 0 Å². The molecule has 2 nitrogen and oxygen atoms in total. The second-order valence-corrected chi connectivity index (χ2v) is 2.79. The van der Waals surface area contributed by atoms with Gasteiger partial charge in [-0.1, -0.05) is 24.3 Å². The van der Waals surface area contributed by atoms with Crippen molar-refractivity contribution in [3.05, 3.63) is 36.4 Å². The van der Waals surface area contributed by atoms with E-state index in [1.54, 1.807) is 0 Å². The molecule has 0 saturated carbocycles. The quantitative estimate of drug-likeness (QED) is 0.685. The summed E-state index contributed by atoms with van der Waals surface area (Å²) < 4.78 is 0. The molecule has 0 aliphatic carbocycles. The smallest absolute Gasteiger partial charge is 0.0394 e. The van der Waals surface area contributed by atoms with E-state index >= 15 is 0 Å². The molecule has 2 aromatic rings. The van der Waals surface area contributed by atoms with Crippen molar-refractivity contribution in [1.29, 1.82) is 0 Å². The van der Waals surface area contributed by atoms with Crippen LogP contribution in [0.3, 0.4) is 0 Å². The average molecular weight is 231 g/mol. The van der Waals surface area contributed by atoms with Gasteiger partial charge in [-0.25, -0.2) is 0 Å². The minimum atomic E-state index is 0. The van der Waals surface area contributed by atoms with Crippen LogP contribution in [0.15, 0.2) is 36.4 Å². The van der Waals surface area contributed by atoms with E-state index in [2.05, 4.69) is 0 Å². The van der Waals surface area contributed by atoms with Crippen molar-refractivity contribution in [2.75, 3.05) is 11.5 Å². The first kappa shape index (κ1) is 12.9. The van der Waals surface area contributed by atoms with Crippen LogP contribution >= 0.6 is 24.8 Å². The summed E-state index contributed by atoms with van der Waals surface area (Å²) in [4.78, 5) is 0. The zero-order chi connectivity index (χ0) is 8.55. The van der Waals surface area contributed by atoms with Gasteiger partial charge in [0, 0.05) is 22.1 Å². The minimum absolute atomic E-state index is 0. The van der Waals surface area contributed by atoms with Crippen molar-refractivity contribution in [3.63, 3.8) is 0 Å². The first-order valence-corrected chi connectivity index (χ1v) is 3.82. The first-order chi connectivity index (χ1) is 5.79.